The van der Waals surface area contributed by atoms with Gasteiger partial charge in [0.25, 0.3) is 0 Å². The number of hydrogen-bond acceptors (Lipinski definition) is 2. The number of carboxylic acid groups (broad SMARTS) is 1. The van der Waals surface area contributed by atoms with E-state index in [1.165, 1.54) is 0 Å². The maximum atomic E-state index is 12.1. The molecular formula is C17H24ClNO2. The highest BCUT2D eigenvalue weighted by atomic mass is 35.5. The summed E-state index contributed by atoms with van der Waals surface area (Å²) >= 11 is 6.03. The molecule has 4 heteroatoms. The van der Waals surface area contributed by atoms with Gasteiger partial charge in [0.1, 0.15) is 5.54 Å². The largest absolute Gasteiger partial charge is 0.479 e. The fraction of sp³-hybridized carbons (Fsp3) is 0.588. The van der Waals surface area contributed by atoms with Crippen molar-refractivity contribution in [3.8, 4) is 0 Å². The molecule has 3 unspecified atom stereocenters. The van der Waals surface area contributed by atoms with Crippen LogP contribution in [-0.2, 0) is 4.79 Å². The van der Waals surface area contributed by atoms with Crippen LogP contribution in [0.15, 0.2) is 24.3 Å². The molecule has 1 aliphatic carbocycles. The SMILES string of the molecule is CC1CCC(C(C)C)C(Nc2cccc(Cl)c2)(C(=O)O)C1. The smallest absolute Gasteiger partial charge is 0.329 e. The van der Waals surface area contributed by atoms with Gasteiger partial charge >= 0.3 is 5.97 Å². The van der Waals surface area contributed by atoms with E-state index in [4.69, 9.17) is 11.6 Å². The summed E-state index contributed by atoms with van der Waals surface area (Å²) in [6.45, 7) is 6.35. The van der Waals surface area contributed by atoms with Gasteiger partial charge < -0.3 is 10.4 Å². The Balaban J connectivity index is 2.39. The molecule has 1 aliphatic rings. The molecule has 2 rings (SSSR count). The lowest BCUT2D eigenvalue weighted by Crippen LogP contribution is -2.57. The number of carbonyl (C=O) groups is 1. The number of rotatable bonds is 4. The molecule has 1 aromatic carbocycles. The average Bonchev–Trinajstić information content (AvgIpc) is 2.38. The number of anilines is 1. The van der Waals surface area contributed by atoms with Crippen molar-refractivity contribution in [3.05, 3.63) is 29.3 Å². The zero-order valence-electron chi connectivity index (χ0n) is 12.9. The van der Waals surface area contributed by atoms with Crippen molar-refractivity contribution in [2.45, 2.75) is 45.6 Å². The molecule has 3 atom stereocenters. The van der Waals surface area contributed by atoms with Crippen molar-refractivity contribution in [1.82, 2.24) is 0 Å². The van der Waals surface area contributed by atoms with Crippen LogP contribution in [0.3, 0.4) is 0 Å². The van der Waals surface area contributed by atoms with E-state index >= 15 is 0 Å². The molecule has 0 spiro atoms. The van der Waals surface area contributed by atoms with Gasteiger partial charge in [0, 0.05) is 10.7 Å². The van der Waals surface area contributed by atoms with E-state index in [1.54, 1.807) is 12.1 Å². The summed E-state index contributed by atoms with van der Waals surface area (Å²) in [5, 5.41) is 13.9. The highest BCUT2D eigenvalue weighted by Crippen LogP contribution is 2.43. The van der Waals surface area contributed by atoms with Crippen molar-refractivity contribution < 1.29 is 9.90 Å². The van der Waals surface area contributed by atoms with E-state index < -0.39 is 11.5 Å². The number of benzene rings is 1. The van der Waals surface area contributed by atoms with Gasteiger partial charge in [0.15, 0.2) is 0 Å². The fourth-order valence-corrected chi connectivity index (χ4v) is 3.87. The summed E-state index contributed by atoms with van der Waals surface area (Å²) in [5.41, 5.74) is -0.124. The molecule has 0 heterocycles. The Morgan fingerprint density at radius 2 is 2.14 bits per heavy atom. The van der Waals surface area contributed by atoms with Crippen LogP contribution in [0.2, 0.25) is 5.02 Å². The molecule has 0 bridgehead atoms. The van der Waals surface area contributed by atoms with Gasteiger partial charge in [0.05, 0.1) is 0 Å². The number of carboxylic acids is 1. The summed E-state index contributed by atoms with van der Waals surface area (Å²) in [6.07, 6.45) is 2.69. The molecule has 0 radical (unpaired) electrons. The second-order valence-corrected chi connectivity index (χ2v) is 7.09. The van der Waals surface area contributed by atoms with E-state index in [0.717, 1.165) is 18.5 Å². The second-order valence-electron chi connectivity index (χ2n) is 6.65. The van der Waals surface area contributed by atoms with Crippen LogP contribution in [0.25, 0.3) is 0 Å². The first-order chi connectivity index (χ1) is 9.85. The first-order valence-electron chi connectivity index (χ1n) is 7.62. The van der Waals surface area contributed by atoms with Crippen LogP contribution in [0.5, 0.6) is 0 Å². The Bertz CT molecular complexity index is 517. The Morgan fingerprint density at radius 3 is 2.71 bits per heavy atom. The highest BCUT2D eigenvalue weighted by Gasteiger charge is 2.50. The molecule has 1 aromatic rings. The van der Waals surface area contributed by atoms with Gasteiger partial charge in [-0.3, -0.25) is 0 Å². The van der Waals surface area contributed by atoms with Gasteiger partial charge in [-0.05, 0) is 48.8 Å². The molecule has 21 heavy (non-hydrogen) atoms. The molecule has 1 saturated carbocycles. The van der Waals surface area contributed by atoms with Gasteiger partial charge in [-0.2, -0.15) is 0 Å². The fourth-order valence-electron chi connectivity index (χ4n) is 3.68. The minimum atomic E-state index is -0.906. The standard InChI is InChI=1S/C17H24ClNO2/c1-11(2)15-8-7-12(3)10-17(15,16(20)21)19-14-6-4-5-13(18)9-14/h4-6,9,11-12,15,19H,7-8,10H2,1-3H3,(H,20,21). The average molecular weight is 310 g/mol. The van der Waals surface area contributed by atoms with Crippen molar-refractivity contribution in [3.63, 3.8) is 0 Å². The van der Waals surface area contributed by atoms with Crippen LogP contribution in [0.4, 0.5) is 5.69 Å². The zero-order valence-corrected chi connectivity index (χ0v) is 13.7. The number of hydrogen-bond donors (Lipinski definition) is 2. The molecule has 0 amide bonds. The Kier molecular flexibility index (Phi) is 4.82. The van der Waals surface area contributed by atoms with Crippen molar-refractivity contribution in [2.24, 2.45) is 17.8 Å². The Morgan fingerprint density at radius 1 is 1.43 bits per heavy atom. The highest BCUT2D eigenvalue weighted by molar-refractivity contribution is 6.30. The summed E-state index contributed by atoms with van der Waals surface area (Å²) in [5.74, 6) is 0.0842. The van der Waals surface area contributed by atoms with Crippen molar-refractivity contribution >= 4 is 23.3 Å². The van der Waals surface area contributed by atoms with Crippen LogP contribution in [0.1, 0.15) is 40.0 Å². The maximum absolute atomic E-state index is 12.1. The number of aliphatic carboxylic acids is 1. The predicted molar refractivity (Wildman–Crippen MR) is 86.8 cm³/mol. The third kappa shape index (κ3) is 3.34. The van der Waals surface area contributed by atoms with Crippen molar-refractivity contribution in [1.29, 1.82) is 0 Å². The Hall–Kier alpha value is -1.22. The predicted octanol–water partition coefficient (Wildman–Crippen LogP) is 4.67. The van der Waals surface area contributed by atoms with Crippen LogP contribution in [0, 0.1) is 17.8 Å². The van der Waals surface area contributed by atoms with Gasteiger partial charge in [-0.15, -0.1) is 0 Å². The quantitative estimate of drug-likeness (QED) is 0.850. The summed E-state index contributed by atoms with van der Waals surface area (Å²) in [4.78, 5) is 12.1. The minimum Gasteiger partial charge on any atom is -0.479 e. The zero-order chi connectivity index (χ0) is 15.6. The number of halogens is 1. The molecular weight excluding hydrogens is 286 g/mol. The summed E-state index contributed by atoms with van der Waals surface area (Å²) in [6, 6.07) is 7.32. The lowest BCUT2D eigenvalue weighted by molar-refractivity contribution is -0.147. The van der Waals surface area contributed by atoms with Crippen LogP contribution < -0.4 is 5.32 Å². The lowest BCUT2D eigenvalue weighted by Gasteiger charge is -2.46. The minimum absolute atomic E-state index is 0.116. The van der Waals surface area contributed by atoms with E-state index in [0.29, 0.717) is 23.3 Å². The second kappa shape index (κ2) is 6.27. The Labute approximate surface area is 131 Å². The normalized spacial score (nSPS) is 29.4. The lowest BCUT2D eigenvalue weighted by atomic mass is 9.64. The van der Waals surface area contributed by atoms with E-state index in [2.05, 4.69) is 26.1 Å². The third-order valence-corrected chi connectivity index (χ3v) is 4.89. The van der Waals surface area contributed by atoms with Gasteiger partial charge in [0.2, 0.25) is 0 Å². The molecule has 1 fully saturated rings. The molecule has 0 aliphatic heterocycles. The molecule has 3 nitrogen and oxygen atoms in total. The monoisotopic (exact) mass is 309 g/mol. The third-order valence-electron chi connectivity index (χ3n) is 4.65. The summed E-state index contributed by atoms with van der Waals surface area (Å²) < 4.78 is 0. The first-order valence-corrected chi connectivity index (χ1v) is 8.00. The van der Waals surface area contributed by atoms with E-state index in [-0.39, 0.29) is 5.92 Å². The van der Waals surface area contributed by atoms with Crippen LogP contribution >= 0.6 is 11.6 Å². The van der Waals surface area contributed by atoms with E-state index in [9.17, 15) is 9.90 Å². The molecule has 0 saturated heterocycles. The molecule has 116 valence electrons. The molecule has 2 N–H and O–H groups in total. The number of nitrogens with one attached hydrogen (secondary N) is 1. The van der Waals surface area contributed by atoms with Gasteiger partial charge in [-0.1, -0.05) is 44.9 Å². The first kappa shape index (κ1) is 16.2. The maximum Gasteiger partial charge on any atom is 0.329 e. The van der Waals surface area contributed by atoms with Crippen molar-refractivity contribution in [2.75, 3.05) is 5.32 Å². The van der Waals surface area contributed by atoms with Gasteiger partial charge in [-0.25, -0.2) is 4.79 Å². The van der Waals surface area contributed by atoms with Crippen LogP contribution in [-0.4, -0.2) is 16.6 Å². The topological polar surface area (TPSA) is 49.3 Å². The molecule has 0 aromatic heterocycles. The van der Waals surface area contributed by atoms with E-state index in [1.807, 2.05) is 12.1 Å². The summed E-state index contributed by atoms with van der Waals surface area (Å²) in [7, 11) is 0.